The summed E-state index contributed by atoms with van der Waals surface area (Å²) in [6.45, 7) is 22.1. The zero-order valence-corrected chi connectivity index (χ0v) is 29.9. The van der Waals surface area contributed by atoms with Crippen LogP contribution in [-0.2, 0) is 43.0 Å². The number of ether oxygens (including phenoxy) is 3. The molecular formula is C33H57N3O9. The lowest BCUT2D eigenvalue weighted by atomic mass is 9.85. The molecule has 258 valence electrons. The first-order chi connectivity index (χ1) is 20.5. The molecule has 0 saturated carbocycles. The molecule has 0 bridgehead atoms. The molecule has 1 fully saturated rings. The normalized spacial score (nSPS) is 29.0. The van der Waals surface area contributed by atoms with Crippen molar-refractivity contribution in [2.75, 3.05) is 14.1 Å². The summed E-state index contributed by atoms with van der Waals surface area (Å²) >= 11 is 0. The van der Waals surface area contributed by atoms with Crippen LogP contribution in [0.1, 0.15) is 90.0 Å². The summed E-state index contributed by atoms with van der Waals surface area (Å²) in [6, 6.07) is -2.29. The van der Waals surface area contributed by atoms with Gasteiger partial charge in [0, 0.05) is 14.1 Å². The zero-order chi connectivity index (χ0) is 35.3. The largest absolute Gasteiger partial charge is 0.450 e. The third kappa shape index (κ3) is 8.97. The second-order valence-corrected chi connectivity index (χ2v) is 14.3. The highest BCUT2D eigenvalue weighted by atomic mass is 16.6. The fourth-order valence-corrected chi connectivity index (χ4v) is 5.19. The van der Waals surface area contributed by atoms with Gasteiger partial charge < -0.3 is 29.3 Å². The van der Waals surface area contributed by atoms with E-state index in [1.807, 2.05) is 0 Å². The van der Waals surface area contributed by atoms with E-state index in [0.717, 1.165) is 0 Å². The number of hydrogen-bond acceptors (Lipinski definition) is 9. The van der Waals surface area contributed by atoms with Crippen LogP contribution in [0.15, 0.2) is 0 Å². The maximum atomic E-state index is 14.0. The third-order valence-corrected chi connectivity index (χ3v) is 8.70. The summed E-state index contributed by atoms with van der Waals surface area (Å²) < 4.78 is 17.4. The van der Waals surface area contributed by atoms with Gasteiger partial charge in [0.15, 0.2) is 18.3 Å². The Hall–Kier alpha value is -3.18. The van der Waals surface area contributed by atoms with Crippen molar-refractivity contribution in [1.82, 2.24) is 15.1 Å². The highest BCUT2D eigenvalue weighted by Crippen LogP contribution is 2.30. The van der Waals surface area contributed by atoms with Crippen LogP contribution in [0, 0.1) is 35.5 Å². The summed E-state index contributed by atoms with van der Waals surface area (Å²) in [5.74, 6) is -7.31. The first-order valence-corrected chi connectivity index (χ1v) is 16.0. The van der Waals surface area contributed by atoms with Crippen molar-refractivity contribution < 1.29 is 43.0 Å². The molecule has 0 aliphatic carbocycles. The predicted octanol–water partition coefficient (Wildman–Crippen LogP) is 3.20. The molecule has 1 saturated heterocycles. The minimum atomic E-state index is -1.57. The minimum absolute atomic E-state index is 0.438. The van der Waals surface area contributed by atoms with Crippen molar-refractivity contribution in [3.63, 3.8) is 0 Å². The number of likely N-dealkylation sites (N-methyl/N-ethyl adjacent to an activating group) is 2. The number of nitrogens with zero attached hydrogens (tertiary/aromatic N) is 2. The van der Waals surface area contributed by atoms with Gasteiger partial charge in [0.2, 0.25) is 0 Å². The molecule has 0 aromatic heterocycles. The number of rotatable bonds is 6. The number of carbonyl (C=O) groups excluding carboxylic acids is 6. The number of amides is 3. The van der Waals surface area contributed by atoms with Crippen molar-refractivity contribution in [2.45, 2.75) is 126 Å². The molecule has 12 heteroatoms. The van der Waals surface area contributed by atoms with E-state index >= 15 is 0 Å². The molecule has 0 radical (unpaired) electrons. The van der Waals surface area contributed by atoms with Crippen LogP contribution in [0.2, 0.25) is 0 Å². The molecule has 12 nitrogen and oxygen atoms in total. The molecule has 6 atom stereocenters. The van der Waals surface area contributed by atoms with Gasteiger partial charge in [-0.1, -0.05) is 83.1 Å². The lowest BCUT2D eigenvalue weighted by Gasteiger charge is -2.43. The lowest BCUT2D eigenvalue weighted by molar-refractivity contribution is -0.184. The number of hydrogen-bond donors (Lipinski definition) is 1. The van der Waals surface area contributed by atoms with Crippen LogP contribution in [-0.4, -0.2) is 95.5 Å². The Kier molecular flexibility index (Phi) is 14.1. The first kappa shape index (κ1) is 39.8. The number of cyclic esters (lactones) is 3. The van der Waals surface area contributed by atoms with Crippen molar-refractivity contribution >= 4 is 35.6 Å². The fourth-order valence-electron chi connectivity index (χ4n) is 5.19. The van der Waals surface area contributed by atoms with Crippen LogP contribution in [0.5, 0.6) is 0 Å². The van der Waals surface area contributed by atoms with Gasteiger partial charge in [-0.05, 0) is 42.4 Å². The van der Waals surface area contributed by atoms with Gasteiger partial charge in [0.1, 0.15) is 17.6 Å². The molecule has 0 aromatic carbocycles. The van der Waals surface area contributed by atoms with E-state index in [1.54, 1.807) is 90.0 Å². The topological polar surface area (TPSA) is 149 Å². The van der Waals surface area contributed by atoms with E-state index in [2.05, 4.69) is 5.32 Å². The average Bonchev–Trinajstić information content (AvgIpc) is 2.92. The number of esters is 3. The molecular weight excluding hydrogens is 582 g/mol. The van der Waals surface area contributed by atoms with Crippen molar-refractivity contribution in [3.05, 3.63) is 0 Å². The fraction of sp³-hybridized carbons (Fsp3) is 0.818. The standard InChI is InChI=1S/C33H57N3O9/c1-16(2)22-30(40)44-26(20(9)10)29(39)36(15)33(13,21(11)12)32(42)45-25(19(7)8)28(38)35(14)23(17(3)4)31(41)43-24(18(5)6)27(37)34-22/h16-26H,1-15H3,(H,34,37)/t22-,23-,24+,25+,26+,33-/m0/s1. The zero-order valence-electron chi connectivity index (χ0n) is 29.9. The quantitative estimate of drug-likeness (QED) is 0.342. The van der Waals surface area contributed by atoms with Crippen molar-refractivity contribution in [3.8, 4) is 0 Å². The molecule has 1 N–H and O–H groups in total. The number of carbonyl (C=O) groups is 6. The second kappa shape index (κ2) is 15.9. The van der Waals surface area contributed by atoms with Crippen LogP contribution in [0.25, 0.3) is 0 Å². The summed E-state index contributed by atoms with van der Waals surface area (Å²) in [7, 11) is 2.86. The maximum Gasteiger partial charge on any atom is 0.332 e. The van der Waals surface area contributed by atoms with E-state index in [-0.39, 0.29) is 0 Å². The van der Waals surface area contributed by atoms with Gasteiger partial charge in [-0.15, -0.1) is 0 Å². The second-order valence-electron chi connectivity index (χ2n) is 14.3. The van der Waals surface area contributed by atoms with Crippen LogP contribution >= 0.6 is 0 Å². The SMILES string of the molecule is CC(C)[C@@H]1NC(=O)[C@@H](C(C)C)OC(=O)[C@H](C(C)C)N(C)C(=O)[C@@H](C(C)C)OC(=O)[C@](C)(C(C)C)N(C)C(=O)[C@@H](C(C)C)OC1=O. The molecule has 3 amide bonds. The van der Waals surface area contributed by atoms with E-state index in [9.17, 15) is 28.8 Å². The summed E-state index contributed by atoms with van der Waals surface area (Å²) in [5.41, 5.74) is -1.57. The highest BCUT2D eigenvalue weighted by Gasteiger charge is 2.50. The Morgan fingerprint density at radius 1 is 0.600 bits per heavy atom. The Balaban J connectivity index is 3.94. The average molecular weight is 640 g/mol. The molecule has 0 aromatic rings. The Morgan fingerprint density at radius 3 is 1.44 bits per heavy atom. The molecule has 45 heavy (non-hydrogen) atoms. The van der Waals surface area contributed by atoms with Gasteiger partial charge in [-0.25, -0.2) is 14.4 Å². The molecule has 1 aliphatic heterocycles. The van der Waals surface area contributed by atoms with Crippen molar-refractivity contribution in [2.24, 2.45) is 35.5 Å². The summed E-state index contributed by atoms with van der Waals surface area (Å²) in [6.07, 6.45) is -3.90. The lowest BCUT2D eigenvalue weighted by Crippen LogP contribution is -2.62. The van der Waals surface area contributed by atoms with Crippen LogP contribution < -0.4 is 5.32 Å². The summed E-state index contributed by atoms with van der Waals surface area (Å²) in [5, 5.41) is 2.67. The predicted molar refractivity (Wildman–Crippen MR) is 168 cm³/mol. The van der Waals surface area contributed by atoms with Gasteiger partial charge in [0.25, 0.3) is 17.7 Å². The third-order valence-electron chi connectivity index (χ3n) is 8.70. The van der Waals surface area contributed by atoms with E-state index < -0.39 is 107 Å². The molecule has 1 aliphatic rings. The minimum Gasteiger partial charge on any atom is -0.450 e. The highest BCUT2D eigenvalue weighted by molar-refractivity contribution is 5.95. The van der Waals surface area contributed by atoms with Gasteiger partial charge in [0.05, 0.1) is 0 Å². The van der Waals surface area contributed by atoms with Gasteiger partial charge >= 0.3 is 17.9 Å². The van der Waals surface area contributed by atoms with E-state index in [4.69, 9.17) is 14.2 Å². The van der Waals surface area contributed by atoms with E-state index in [1.165, 1.54) is 23.9 Å². The van der Waals surface area contributed by atoms with Crippen LogP contribution in [0.4, 0.5) is 0 Å². The monoisotopic (exact) mass is 639 g/mol. The molecule has 1 rings (SSSR count). The maximum absolute atomic E-state index is 14.0. The molecule has 0 spiro atoms. The molecule has 1 heterocycles. The van der Waals surface area contributed by atoms with E-state index in [0.29, 0.717) is 0 Å². The first-order valence-electron chi connectivity index (χ1n) is 16.0. The molecule has 0 unspecified atom stereocenters. The Morgan fingerprint density at radius 2 is 1.04 bits per heavy atom. The van der Waals surface area contributed by atoms with Crippen LogP contribution in [0.3, 0.4) is 0 Å². The Labute approximate surface area is 269 Å². The Bertz CT molecular complexity index is 1100. The number of nitrogens with one attached hydrogen (secondary N) is 1. The van der Waals surface area contributed by atoms with Gasteiger partial charge in [-0.3, -0.25) is 14.4 Å². The van der Waals surface area contributed by atoms with Gasteiger partial charge in [-0.2, -0.15) is 0 Å². The van der Waals surface area contributed by atoms with Crippen molar-refractivity contribution in [1.29, 1.82) is 0 Å². The smallest absolute Gasteiger partial charge is 0.332 e. The summed E-state index contributed by atoms with van der Waals surface area (Å²) in [4.78, 5) is 85.0.